The number of carbonyl (C=O) groups excluding carboxylic acids is 4. The van der Waals surface area contributed by atoms with Gasteiger partial charge in [0.1, 0.15) is 6.04 Å². The second kappa shape index (κ2) is 8.75. The summed E-state index contributed by atoms with van der Waals surface area (Å²) in [4.78, 5) is 53.7. The van der Waals surface area contributed by atoms with Crippen molar-refractivity contribution in [2.75, 3.05) is 26.2 Å². The van der Waals surface area contributed by atoms with Gasteiger partial charge < -0.3 is 5.32 Å². The molecule has 1 aromatic rings. The standard InChI is InChI=1S/C24H30N4O4/c29-20-7-6-19(22(30)26-20)28-23(31)18-5-1-3-17(21(18)24(28)32)14-27-12-2-4-16(13-27)15-8-10-25-11-9-15/h1,3,5,15-16,19,25H,2,4,6-14H2,(H,26,29,30). The van der Waals surface area contributed by atoms with E-state index in [9.17, 15) is 19.2 Å². The lowest BCUT2D eigenvalue weighted by atomic mass is 9.80. The number of benzene rings is 1. The van der Waals surface area contributed by atoms with Gasteiger partial charge in [-0.3, -0.25) is 34.3 Å². The quantitative estimate of drug-likeness (QED) is 0.688. The number of rotatable bonds is 4. The lowest BCUT2D eigenvalue weighted by molar-refractivity contribution is -0.136. The molecular formula is C24H30N4O4. The van der Waals surface area contributed by atoms with Crippen LogP contribution in [0.4, 0.5) is 0 Å². The zero-order chi connectivity index (χ0) is 22.2. The topological polar surface area (TPSA) is 98.8 Å². The molecule has 0 aromatic heterocycles. The molecule has 3 saturated heterocycles. The van der Waals surface area contributed by atoms with Crippen molar-refractivity contribution in [3.63, 3.8) is 0 Å². The summed E-state index contributed by atoms with van der Waals surface area (Å²) >= 11 is 0. The first kappa shape index (κ1) is 21.3. The van der Waals surface area contributed by atoms with E-state index in [1.165, 1.54) is 19.3 Å². The molecule has 2 N–H and O–H groups in total. The van der Waals surface area contributed by atoms with Gasteiger partial charge in [0.15, 0.2) is 0 Å². The summed E-state index contributed by atoms with van der Waals surface area (Å²) in [5.41, 5.74) is 1.64. The van der Waals surface area contributed by atoms with Crippen LogP contribution in [0.5, 0.6) is 0 Å². The number of imide groups is 2. The van der Waals surface area contributed by atoms with E-state index in [0.29, 0.717) is 23.6 Å². The fourth-order valence-electron chi connectivity index (χ4n) is 5.89. The fourth-order valence-corrected chi connectivity index (χ4v) is 5.89. The average Bonchev–Trinajstić information content (AvgIpc) is 3.06. The number of nitrogens with zero attached hydrogens (tertiary/aromatic N) is 2. The summed E-state index contributed by atoms with van der Waals surface area (Å²) in [6.45, 7) is 4.84. The first-order chi connectivity index (χ1) is 15.5. The first-order valence-electron chi connectivity index (χ1n) is 11.8. The number of nitrogens with one attached hydrogen (secondary N) is 2. The van der Waals surface area contributed by atoms with Gasteiger partial charge in [-0.15, -0.1) is 0 Å². The lowest BCUT2D eigenvalue weighted by Gasteiger charge is -2.38. The number of likely N-dealkylation sites (tertiary alicyclic amines) is 1. The van der Waals surface area contributed by atoms with Gasteiger partial charge >= 0.3 is 0 Å². The van der Waals surface area contributed by atoms with Crippen LogP contribution in [0.15, 0.2) is 18.2 Å². The predicted molar refractivity (Wildman–Crippen MR) is 117 cm³/mol. The Morgan fingerprint density at radius 1 is 0.938 bits per heavy atom. The van der Waals surface area contributed by atoms with E-state index in [4.69, 9.17) is 0 Å². The minimum atomic E-state index is -0.924. The van der Waals surface area contributed by atoms with Gasteiger partial charge in [-0.05, 0) is 75.2 Å². The van der Waals surface area contributed by atoms with Crippen LogP contribution in [0, 0.1) is 11.8 Å². The summed E-state index contributed by atoms with van der Waals surface area (Å²) < 4.78 is 0. The first-order valence-corrected chi connectivity index (χ1v) is 11.8. The summed E-state index contributed by atoms with van der Waals surface area (Å²) in [6.07, 6.45) is 5.17. The van der Waals surface area contributed by atoms with Gasteiger partial charge in [0, 0.05) is 19.5 Å². The Balaban J connectivity index is 1.34. The van der Waals surface area contributed by atoms with E-state index in [1.54, 1.807) is 6.07 Å². The Labute approximate surface area is 187 Å². The molecule has 4 aliphatic rings. The molecule has 3 fully saturated rings. The highest BCUT2D eigenvalue weighted by Crippen LogP contribution is 2.33. The van der Waals surface area contributed by atoms with Crippen molar-refractivity contribution in [1.29, 1.82) is 0 Å². The Morgan fingerprint density at radius 3 is 2.53 bits per heavy atom. The molecule has 1 aromatic carbocycles. The van der Waals surface area contributed by atoms with Gasteiger partial charge in [-0.25, -0.2) is 0 Å². The maximum absolute atomic E-state index is 13.3. The van der Waals surface area contributed by atoms with Gasteiger partial charge in [-0.2, -0.15) is 0 Å². The predicted octanol–water partition coefficient (Wildman–Crippen LogP) is 1.30. The van der Waals surface area contributed by atoms with Crippen LogP contribution in [-0.2, 0) is 16.1 Å². The van der Waals surface area contributed by atoms with Gasteiger partial charge in [0.05, 0.1) is 11.1 Å². The number of hydrogen-bond acceptors (Lipinski definition) is 6. The Hall–Kier alpha value is -2.58. The third-order valence-corrected chi connectivity index (χ3v) is 7.54. The second-order valence-electron chi connectivity index (χ2n) is 9.51. The highest BCUT2D eigenvalue weighted by atomic mass is 16.2. The third kappa shape index (κ3) is 3.86. The van der Waals surface area contributed by atoms with Crippen LogP contribution in [0.25, 0.3) is 0 Å². The van der Waals surface area contributed by atoms with E-state index in [2.05, 4.69) is 15.5 Å². The second-order valence-corrected chi connectivity index (χ2v) is 9.51. The van der Waals surface area contributed by atoms with Crippen molar-refractivity contribution in [2.45, 2.75) is 51.1 Å². The van der Waals surface area contributed by atoms with Crippen molar-refractivity contribution in [1.82, 2.24) is 20.4 Å². The molecule has 2 atom stereocenters. The molecule has 0 bridgehead atoms. The number of hydrogen-bond donors (Lipinski definition) is 2. The average molecular weight is 439 g/mol. The molecule has 0 aliphatic carbocycles. The normalized spacial score (nSPS) is 27.6. The highest BCUT2D eigenvalue weighted by Gasteiger charge is 2.45. The molecule has 8 heteroatoms. The largest absolute Gasteiger partial charge is 0.317 e. The molecule has 4 heterocycles. The molecule has 4 aliphatic heterocycles. The maximum Gasteiger partial charge on any atom is 0.262 e. The van der Waals surface area contributed by atoms with Crippen molar-refractivity contribution < 1.29 is 19.2 Å². The van der Waals surface area contributed by atoms with Gasteiger partial charge in [-0.1, -0.05) is 12.1 Å². The molecule has 170 valence electrons. The van der Waals surface area contributed by atoms with E-state index in [1.807, 2.05) is 12.1 Å². The fraction of sp³-hybridized carbons (Fsp3) is 0.583. The Bertz CT molecular complexity index is 955. The summed E-state index contributed by atoms with van der Waals surface area (Å²) in [5.74, 6) is -0.351. The van der Waals surface area contributed by atoms with Crippen LogP contribution in [0.1, 0.15) is 64.8 Å². The van der Waals surface area contributed by atoms with Crippen LogP contribution in [-0.4, -0.2) is 65.6 Å². The summed E-state index contributed by atoms with van der Waals surface area (Å²) in [7, 11) is 0. The molecule has 8 nitrogen and oxygen atoms in total. The SMILES string of the molecule is O=C1CCC(N2C(=O)c3cccc(CN4CCCC(C5CCNCC5)C4)c3C2=O)C(=O)N1. The van der Waals surface area contributed by atoms with Crippen LogP contribution in [0.3, 0.4) is 0 Å². The number of carbonyl (C=O) groups is 4. The van der Waals surface area contributed by atoms with Crippen LogP contribution < -0.4 is 10.6 Å². The molecular weight excluding hydrogens is 408 g/mol. The van der Waals surface area contributed by atoms with Gasteiger partial charge in [0.25, 0.3) is 11.8 Å². The highest BCUT2D eigenvalue weighted by molar-refractivity contribution is 6.24. The van der Waals surface area contributed by atoms with E-state index in [0.717, 1.165) is 49.0 Å². The monoisotopic (exact) mass is 438 g/mol. The Kier molecular flexibility index (Phi) is 5.82. The van der Waals surface area contributed by atoms with Crippen LogP contribution >= 0.6 is 0 Å². The maximum atomic E-state index is 13.3. The zero-order valence-electron chi connectivity index (χ0n) is 18.3. The number of fused-ring (bicyclic) bond motifs is 1. The van der Waals surface area contributed by atoms with E-state index in [-0.39, 0.29) is 18.7 Å². The van der Waals surface area contributed by atoms with Crippen LogP contribution in [0.2, 0.25) is 0 Å². The van der Waals surface area contributed by atoms with E-state index < -0.39 is 23.8 Å². The molecule has 5 rings (SSSR count). The number of piperidine rings is 3. The van der Waals surface area contributed by atoms with Crippen molar-refractivity contribution in [3.05, 3.63) is 34.9 Å². The van der Waals surface area contributed by atoms with Gasteiger partial charge in [0.2, 0.25) is 11.8 Å². The smallest absolute Gasteiger partial charge is 0.262 e. The Morgan fingerprint density at radius 2 is 1.75 bits per heavy atom. The summed E-state index contributed by atoms with van der Waals surface area (Å²) in [5, 5.41) is 5.70. The van der Waals surface area contributed by atoms with Crippen molar-refractivity contribution in [3.8, 4) is 0 Å². The number of amides is 4. The minimum Gasteiger partial charge on any atom is -0.317 e. The zero-order valence-corrected chi connectivity index (χ0v) is 18.3. The van der Waals surface area contributed by atoms with Crippen molar-refractivity contribution in [2.24, 2.45) is 11.8 Å². The molecule has 0 saturated carbocycles. The minimum absolute atomic E-state index is 0.128. The van der Waals surface area contributed by atoms with Crippen molar-refractivity contribution >= 4 is 23.6 Å². The molecule has 4 amide bonds. The molecule has 32 heavy (non-hydrogen) atoms. The third-order valence-electron chi connectivity index (χ3n) is 7.54. The summed E-state index contributed by atoms with van der Waals surface area (Å²) in [6, 6.07) is 4.49. The lowest BCUT2D eigenvalue weighted by Crippen LogP contribution is -2.54. The van der Waals surface area contributed by atoms with E-state index >= 15 is 0 Å². The molecule has 0 radical (unpaired) electrons. The molecule has 2 unspecified atom stereocenters. The molecule has 0 spiro atoms.